The average Bonchev–Trinajstić information content (AvgIpc) is 2.92. The van der Waals surface area contributed by atoms with Crippen LogP contribution in [0.2, 0.25) is 0 Å². The van der Waals surface area contributed by atoms with Gasteiger partial charge in [0.2, 0.25) is 0 Å². The van der Waals surface area contributed by atoms with E-state index in [1.165, 1.54) is 37.1 Å². The number of nitrogens with zero attached hydrogens (tertiary/aromatic N) is 1. The molecule has 0 bridgehead atoms. The Bertz CT molecular complexity index is 385. The minimum atomic E-state index is 0.487. The Morgan fingerprint density at radius 2 is 2.21 bits per heavy atom. The molecule has 1 atom stereocenters. The van der Waals surface area contributed by atoms with Crippen LogP contribution in [-0.4, -0.2) is 30.6 Å². The van der Waals surface area contributed by atoms with Crippen molar-refractivity contribution in [1.29, 1.82) is 0 Å². The SMILES string of the molecule is CC(C)=CCN1CCC(NC(C)c2ccsc2)CC1. The molecule has 19 heavy (non-hydrogen) atoms. The van der Waals surface area contributed by atoms with Gasteiger partial charge in [0.15, 0.2) is 0 Å². The van der Waals surface area contributed by atoms with Crippen LogP contribution in [0.15, 0.2) is 28.5 Å². The molecule has 2 heterocycles. The van der Waals surface area contributed by atoms with Gasteiger partial charge in [-0.15, -0.1) is 0 Å². The van der Waals surface area contributed by atoms with Gasteiger partial charge in [-0.25, -0.2) is 0 Å². The maximum absolute atomic E-state index is 3.77. The molecule has 1 aliphatic heterocycles. The summed E-state index contributed by atoms with van der Waals surface area (Å²) < 4.78 is 0. The van der Waals surface area contributed by atoms with E-state index in [1.807, 2.05) is 0 Å². The quantitative estimate of drug-likeness (QED) is 0.824. The molecule has 106 valence electrons. The highest BCUT2D eigenvalue weighted by molar-refractivity contribution is 7.07. The fourth-order valence-electron chi connectivity index (χ4n) is 2.57. The van der Waals surface area contributed by atoms with Gasteiger partial charge < -0.3 is 5.32 Å². The van der Waals surface area contributed by atoms with Crippen LogP contribution in [-0.2, 0) is 0 Å². The minimum absolute atomic E-state index is 0.487. The molecule has 3 heteroatoms. The topological polar surface area (TPSA) is 15.3 Å². The third-order valence-electron chi connectivity index (χ3n) is 3.87. The van der Waals surface area contributed by atoms with Gasteiger partial charge in [0.25, 0.3) is 0 Å². The third-order valence-corrected chi connectivity index (χ3v) is 4.58. The van der Waals surface area contributed by atoms with Crippen LogP contribution >= 0.6 is 11.3 Å². The molecule has 1 unspecified atom stereocenters. The van der Waals surface area contributed by atoms with Crippen LogP contribution in [0.4, 0.5) is 0 Å². The summed E-state index contributed by atoms with van der Waals surface area (Å²) >= 11 is 1.78. The van der Waals surface area contributed by atoms with Crippen LogP contribution in [0.5, 0.6) is 0 Å². The Morgan fingerprint density at radius 3 is 2.79 bits per heavy atom. The van der Waals surface area contributed by atoms with E-state index in [9.17, 15) is 0 Å². The van der Waals surface area contributed by atoms with Crippen molar-refractivity contribution in [1.82, 2.24) is 10.2 Å². The smallest absolute Gasteiger partial charge is 0.0302 e. The summed E-state index contributed by atoms with van der Waals surface area (Å²) in [5, 5.41) is 8.19. The molecule has 0 radical (unpaired) electrons. The second-order valence-corrected chi connectivity index (χ2v) is 6.58. The van der Waals surface area contributed by atoms with Gasteiger partial charge in [-0.05, 0) is 69.1 Å². The minimum Gasteiger partial charge on any atom is -0.307 e. The van der Waals surface area contributed by atoms with E-state index in [1.54, 1.807) is 11.3 Å². The van der Waals surface area contributed by atoms with Crippen LogP contribution < -0.4 is 5.32 Å². The number of hydrogen-bond acceptors (Lipinski definition) is 3. The molecule has 0 spiro atoms. The van der Waals surface area contributed by atoms with Crippen molar-refractivity contribution in [3.63, 3.8) is 0 Å². The first kappa shape index (κ1) is 14.8. The Hall–Kier alpha value is -0.640. The summed E-state index contributed by atoms with van der Waals surface area (Å²) in [6, 6.07) is 3.39. The molecular formula is C16H26N2S. The van der Waals surface area contributed by atoms with E-state index >= 15 is 0 Å². The number of thiophene rings is 1. The zero-order valence-corrected chi connectivity index (χ0v) is 13.2. The van der Waals surface area contributed by atoms with E-state index < -0.39 is 0 Å². The van der Waals surface area contributed by atoms with Crippen molar-refractivity contribution in [2.45, 2.75) is 45.7 Å². The lowest BCUT2D eigenvalue weighted by atomic mass is 10.0. The van der Waals surface area contributed by atoms with Gasteiger partial charge in [0.05, 0.1) is 0 Å². The summed E-state index contributed by atoms with van der Waals surface area (Å²) in [6.45, 7) is 10.2. The number of likely N-dealkylation sites (tertiary alicyclic amines) is 1. The van der Waals surface area contributed by atoms with Gasteiger partial charge in [-0.1, -0.05) is 11.6 Å². The molecule has 0 amide bonds. The summed E-state index contributed by atoms with van der Waals surface area (Å²) in [7, 11) is 0. The average molecular weight is 278 g/mol. The molecule has 1 fully saturated rings. The van der Waals surface area contributed by atoms with E-state index in [-0.39, 0.29) is 0 Å². The van der Waals surface area contributed by atoms with Gasteiger partial charge in [-0.3, -0.25) is 4.90 Å². The van der Waals surface area contributed by atoms with Crippen LogP contribution in [0.1, 0.15) is 45.2 Å². The fourth-order valence-corrected chi connectivity index (χ4v) is 3.32. The third kappa shape index (κ3) is 4.75. The summed E-state index contributed by atoms with van der Waals surface area (Å²) in [5.41, 5.74) is 2.85. The highest BCUT2D eigenvalue weighted by Gasteiger charge is 2.20. The maximum Gasteiger partial charge on any atom is 0.0302 e. The van der Waals surface area contributed by atoms with Crippen molar-refractivity contribution in [2.24, 2.45) is 0 Å². The number of rotatable bonds is 5. The second kappa shape index (κ2) is 7.22. The van der Waals surface area contributed by atoms with Crippen molar-refractivity contribution in [2.75, 3.05) is 19.6 Å². The predicted octanol–water partition coefficient (Wildman–Crippen LogP) is 3.83. The molecule has 1 aromatic heterocycles. The highest BCUT2D eigenvalue weighted by atomic mass is 32.1. The number of nitrogens with one attached hydrogen (secondary N) is 1. The molecule has 0 aliphatic carbocycles. The summed E-state index contributed by atoms with van der Waals surface area (Å²) in [5.74, 6) is 0. The van der Waals surface area contributed by atoms with Crippen LogP contribution in [0, 0.1) is 0 Å². The largest absolute Gasteiger partial charge is 0.307 e. The first-order valence-corrected chi connectivity index (χ1v) is 8.23. The number of hydrogen-bond donors (Lipinski definition) is 1. The van der Waals surface area contributed by atoms with Crippen molar-refractivity contribution in [3.8, 4) is 0 Å². The number of allylic oxidation sites excluding steroid dienone is 1. The van der Waals surface area contributed by atoms with Crippen molar-refractivity contribution >= 4 is 11.3 Å². The first-order valence-electron chi connectivity index (χ1n) is 7.29. The molecule has 0 saturated carbocycles. The monoisotopic (exact) mass is 278 g/mol. The fraction of sp³-hybridized carbons (Fsp3) is 0.625. The highest BCUT2D eigenvalue weighted by Crippen LogP contribution is 2.19. The van der Waals surface area contributed by atoms with E-state index in [2.05, 4.69) is 53.9 Å². The zero-order valence-electron chi connectivity index (χ0n) is 12.4. The van der Waals surface area contributed by atoms with Gasteiger partial charge >= 0.3 is 0 Å². The normalized spacial score (nSPS) is 19.3. The van der Waals surface area contributed by atoms with Gasteiger partial charge in [0.1, 0.15) is 0 Å². The molecule has 2 nitrogen and oxygen atoms in total. The molecule has 2 rings (SSSR count). The van der Waals surface area contributed by atoms with Crippen LogP contribution in [0.25, 0.3) is 0 Å². The van der Waals surface area contributed by atoms with Crippen molar-refractivity contribution in [3.05, 3.63) is 34.0 Å². The van der Waals surface area contributed by atoms with Crippen LogP contribution in [0.3, 0.4) is 0 Å². The molecule has 1 N–H and O–H groups in total. The molecule has 1 saturated heterocycles. The lowest BCUT2D eigenvalue weighted by Crippen LogP contribution is -2.43. The molecular weight excluding hydrogens is 252 g/mol. The summed E-state index contributed by atoms with van der Waals surface area (Å²) in [6.07, 6.45) is 4.87. The zero-order chi connectivity index (χ0) is 13.7. The Balaban J connectivity index is 1.73. The van der Waals surface area contributed by atoms with E-state index in [4.69, 9.17) is 0 Å². The second-order valence-electron chi connectivity index (χ2n) is 5.80. The Morgan fingerprint density at radius 1 is 1.47 bits per heavy atom. The Kier molecular flexibility index (Phi) is 5.61. The lowest BCUT2D eigenvalue weighted by molar-refractivity contribution is 0.208. The maximum atomic E-state index is 3.77. The Labute approximate surface area is 121 Å². The molecule has 1 aliphatic rings. The van der Waals surface area contributed by atoms with E-state index in [0.29, 0.717) is 12.1 Å². The van der Waals surface area contributed by atoms with Crippen molar-refractivity contribution < 1.29 is 0 Å². The molecule has 1 aromatic rings. The predicted molar refractivity (Wildman–Crippen MR) is 84.8 cm³/mol. The van der Waals surface area contributed by atoms with E-state index in [0.717, 1.165) is 6.54 Å². The van der Waals surface area contributed by atoms with Gasteiger partial charge in [0, 0.05) is 18.6 Å². The molecule has 0 aromatic carbocycles. The first-order chi connectivity index (χ1) is 9.15. The lowest BCUT2D eigenvalue weighted by Gasteiger charge is -2.33. The summed E-state index contributed by atoms with van der Waals surface area (Å²) in [4.78, 5) is 2.56. The standard InChI is InChI=1S/C16H26N2S/c1-13(2)4-8-18-9-5-16(6-10-18)17-14(3)15-7-11-19-12-15/h4,7,11-12,14,16-17H,5-6,8-10H2,1-3H3. The number of piperidine rings is 1. The van der Waals surface area contributed by atoms with Gasteiger partial charge in [-0.2, -0.15) is 11.3 Å².